The fourth-order valence-corrected chi connectivity index (χ4v) is 5.43. The molecule has 4 bridgehead atoms. The minimum atomic E-state index is -0.777. The average molecular weight is 306 g/mol. The molecule has 0 amide bonds. The van der Waals surface area contributed by atoms with Gasteiger partial charge in [0.2, 0.25) is 0 Å². The van der Waals surface area contributed by atoms with E-state index in [1.54, 1.807) is 0 Å². The summed E-state index contributed by atoms with van der Waals surface area (Å²) in [4.78, 5) is 12.2. The van der Waals surface area contributed by atoms with Gasteiger partial charge >= 0.3 is 5.97 Å². The van der Waals surface area contributed by atoms with Crippen molar-refractivity contribution < 1.29 is 9.90 Å². The first-order chi connectivity index (χ1) is 10.1. The Balaban J connectivity index is 1.70. The zero-order valence-electron chi connectivity index (χ0n) is 11.9. The summed E-state index contributed by atoms with van der Waals surface area (Å²) >= 11 is 5.93. The van der Waals surface area contributed by atoms with E-state index in [0.717, 1.165) is 43.2 Å². The molecule has 21 heavy (non-hydrogen) atoms. The Morgan fingerprint density at radius 3 is 2.05 bits per heavy atom. The van der Waals surface area contributed by atoms with Crippen LogP contribution in [-0.4, -0.2) is 16.6 Å². The number of carbonyl (C=O) groups is 1. The molecule has 4 aliphatic rings. The lowest BCUT2D eigenvalue weighted by atomic mass is 9.48. The number of carboxylic acids is 1. The summed E-state index contributed by atoms with van der Waals surface area (Å²) in [6.07, 6.45) is 5.60. The summed E-state index contributed by atoms with van der Waals surface area (Å²) < 4.78 is 0. The van der Waals surface area contributed by atoms with Gasteiger partial charge in [-0.25, -0.2) is 4.79 Å². The highest BCUT2D eigenvalue weighted by Gasteiger charge is 2.61. The molecule has 1 aromatic carbocycles. The molecule has 0 spiro atoms. The molecule has 0 radical (unpaired) electrons. The first kappa shape index (κ1) is 13.4. The van der Waals surface area contributed by atoms with E-state index in [2.05, 4.69) is 5.32 Å². The Kier molecular flexibility index (Phi) is 2.97. The van der Waals surface area contributed by atoms with Gasteiger partial charge in [-0.3, -0.25) is 0 Å². The van der Waals surface area contributed by atoms with Gasteiger partial charge in [-0.2, -0.15) is 0 Å². The highest BCUT2D eigenvalue weighted by molar-refractivity contribution is 6.30. The van der Waals surface area contributed by atoms with Crippen LogP contribution in [0.5, 0.6) is 0 Å². The maximum absolute atomic E-state index is 12.2. The lowest BCUT2D eigenvalue weighted by molar-refractivity contribution is -0.157. The number of hydrogen-bond acceptors (Lipinski definition) is 2. The highest BCUT2D eigenvalue weighted by Crippen LogP contribution is 2.59. The number of aliphatic carboxylic acids is 1. The van der Waals surface area contributed by atoms with Crippen molar-refractivity contribution in [2.45, 2.75) is 37.6 Å². The van der Waals surface area contributed by atoms with Crippen molar-refractivity contribution in [3.05, 3.63) is 29.3 Å². The molecular weight excluding hydrogens is 286 g/mol. The van der Waals surface area contributed by atoms with Crippen molar-refractivity contribution in [1.29, 1.82) is 0 Å². The van der Waals surface area contributed by atoms with Crippen molar-refractivity contribution in [3.8, 4) is 0 Å². The van der Waals surface area contributed by atoms with Crippen LogP contribution in [0.2, 0.25) is 5.02 Å². The van der Waals surface area contributed by atoms with Gasteiger partial charge in [0, 0.05) is 10.7 Å². The van der Waals surface area contributed by atoms with Crippen molar-refractivity contribution in [2.24, 2.45) is 23.7 Å². The third-order valence-corrected chi connectivity index (χ3v) is 6.23. The fourth-order valence-electron chi connectivity index (χ4n) is 5.31. The van der Waals surface area contributed by atoms with Crippen LogP contribution in [0.4, 0.5) is 5.69 Å². The molecule has 0 aliphatic heterocycles. The molecule has 1 aromatic rings. The maximum atomic E-state index is 12.2. The second-order valence-electron chi connectivity index (χ2n) is 7.11. The van der Waals surface area contributed by atoms with Gasteiger partial charge in [-0.1, -0.05) is 11.6 Å². The van der Waals surface area contributed by atoms with Crippen LogP contribution in [0.3, 0.4) is 0 Å². The molecule has 5 rings (SSSR count). The van der Waals surface area contributed by atoms with Crippen LogP contribution in [0.1, 0.15) is 32.1 Å². The highest BCUT2D eigenvalue weighted by atomic mass is 35.5. The number of halogens is 1. The van der Waals surface area contributed by atoms with Gasteiger partial charge in [0.1, 0.15) is 5.54 Å². The molecule has 4 heteroatoms. The normalized spacial score (nSPS) is 40.2. The largest absolute Gasteiger partial charge is 0.479 e. The molecule has 3 nitrogen and oxygen atoms in total. The van der Waals surface area contributed by atoms with Crippen molar-refractivity contribution >= 4 is 23.3 Å². The molecule has 4 fully saturated rings. The van der Waals surface area contributed by atoms with E-state index in [4.69, 9.17) is 11.6 Å². The van der Waals surface area contributed by atoms with Crippen LogP contribution in [0.15, 0.2) is 24.3 Å². The van der Waals surface area contributed by atoms with Crippen molar-refractivity contribution in [3.63, 3.8) is 0 Å². The third-order valence-electron chi connectivity index (χ3n) is 5.98. The number of benzene rings is 1. The van der Waals surface area contributed by atoms with E-state index in [1.807, 2.05) is 24.3 Å². The Hall–Kier alpha value is -1.22. The lowest BCUT2D eigenvalue weighted by Gasteiger charge is -2.59. The van der Waals surface area contributed by atoms with E-state index < -0.39 is 11.5 Å². The van der Waals surface area contributed by atoms with E-state index in [-0.39, 0.29) is 11.8 Å². The summed E-state index contributed by atoms with van der Waals surface area (Å²) in [6, 6.07) is 7.40. The molecule has 0 saturated heterocycles. The number of rotatable bonds is 3. The Morgan fingerprint density at radius 2 is 1.57 bits per heavy atom. The molecule has 0 aromatic heterocycles. The van der Waals surface area contributed by atoms with Crippen molar-refractivity contribution in [1.82, 2.24) is 0 Å². The summed E-state index contributed by atoms with van der Waals surface area (Å²) in [5.41, 5.74) is 0.0932. The summed E-state index contributed by atoms with van der Waals surface area (Å²) in [6.45, 7) is 0. The molecule has 0 atom stereocenters. The van der Waals surface area contributed by atoms with E-state index in [0.29, 0.717) is 5.02 Å². The van der Waals surface area contributed by atoms with Gasteiger partial charge in [-0.15, -0.1) is 0 Å². The molecule has 4 aliphatic carbocycles. The first-order valence-electron chi connectivity index (χ1n) is 7.85. The monoisotopic (exact) mass is 305 g/mol. The second kappa shape index (κ2) is 4.64. The molecule has 2 N–H and O–H groups in total. The number of nitrogens with one attached hydrogen (secondary N) is 1. The van der Waals surface area contributed by atoms with Gasteiger partial charge in [0.05, 0.1) is 0 Å². The molecule has 4 saturated carbocycles. The fraction of sp³-hybridized carbons (Fsp3) is 0.588. The second-order valence-corrected chi connectivity index (χ2v) is 7.55. The van der Waals surface area contributed by atoms with E-state index in [1.165, 1.54) is 6.42 Å². The van der Waals surface area contributed by atoms with Gasteiger partial charge < -0.3 is 10.4 Å². The molecule has 0 unspecified atom stereocenters. The predicted molar refractivity (Wildman–Crippen MR) is 82.5 cm³/mol. The Morgan fingerprint density at radius 1 is 1.05 bits per heavy atom. The van der Waals surface area contributed by atoms with Gasteiger partial charge in [0.25, 0.3) is 0 Å². The number of anilines is 1. The Bertz CT molecular complexity index is 541. The average Bonchev–Trinajstić information content (AvgIpc) is 2.44. The number of hydrogen-bond donors (Lipinski definition) is 2. The van der Waals surface area contributed by atoms with Crippen LogP contribution in [0.25, 0.3) is 0 Å². The molecular formula is C17H20ClNO2. The maximum Gasteiger partial charge on any atom is 0.329 e. The van der Waals surface area contributed by atoms with Crippen LogP contribution >= 0.6 is 11.6 Å². The first-order valence-corrected chi connectivity index (χ1v) is 8.23. The van der Waals surface area contributed by atoms with E-state index >= 15 is 0 Å². The summed E-state index contributed by atoms with van der Waals surface area (Å²) in [5.74, 6) is 1.37. The van der Waals surface area contributed by atoms with Crippen LogP contribution < -0.4 is 5.32 Å². The molecule has 0 heterocycles. The smallest absolute Gasteiger partial charge is 0.329 e. The predicted octanol–water partition coefficient (Wildman–Crippen LogP) is 4.03. The van der Waals surface area contributed by atoms with Gasteiger partial charge in [-0.05, 0) is 80.0 Å². The lowest BCUT2D eigenvalue weighted by Crippen LogP contribution is -2.65. The minimum Gasteiger partial charge on any atom is -0.479 e. The summed E-state index contributed by atoms with van der Waals surface area (Å²) in [5, 5.41) is 14.1. The zero-order chi connectivity index (χ0) is 14.6. The molecule has 112 valence electrons. The van der Waals surface area contributed by atoms with E-state index in [9.17, 15) is 9.90 Å². The number of carboxylic acid groups (broad SMARTS) is 1. The Labute approximate surface area is 129 Å². The topological polar surface area (TPSA) is 49.3 Å². The zero-order valence-corrected chi connectivity index (χ0v) is 12.6. The van der Waals surface area contributed by atoms with Crippen LogP contribution in [-0.2, 0) is 4.79 Å². The van der Waals surface area contributed by atoms with Gasteiger partial charge in [0.15, 0.2) is 0 Å². The SMILES string of the molecule is O=C(O)C1(Nc2ccc(Cl)cc2)C2CC3CC(C2)CC1C3. The van der Waals surface area contributed by atoms with Crippen molar-refractivity contribution in [2.75, 3.05) is 5.32 Å². The quantitative estimate of drug-likeness (QED) is 0.886. The third kappa shape index (κ3) is 1.97. The van der Waals surface area contributed by atoms with Crippen LogP contribution in [0, 0.1) is 23.7 Å². The summed E-state index contributed by atoms with van der Waals surface area (Å²) in [7, 11) is 0. The minimum absolute atomic E-state index is 0.266. The standard InChI is InChI=1S/C17H20ClNO2/c18-14-1-3-15(4-2-14)19-17(16(20)21)12-6-10-5-11(8-12)9-13(17)7-10/h1-4,10-13,19H,5-9H2,(H,20,21).